The van der Waals surface area contributed by atoms with E-state index in [0.29, 0.717) is 37.0 Å². The summed E-state index contributed by atoms with van der Waals surface area (Å²) in [6, 6.07) is 7.47. The number of halogens is 1. The normalized spacial score (nSPS) is 15.3. The van der Waals surface area contributed by atoms with Crippen LogP contribution in [0, 0.1) is 0 Å². The average molecular weight is 446 g/mol. The molecule has 2 aromatic rings. The molecule has 0 radical (unpaired) electrons. The van der Waals surface area contributed by atoms with Crippen molar-refractivity contribution in [3.63, 3.8) is 0 Å². The topological polar surface area (TPSA) is 74.0 Å². The highest BCUT2D eigenvalue weighted by Crippen LogP contribution is 2.23. The van der Waals surface area contributed by atoms with Crippen LogP contribution in [-0.4, -0.2) is 59.4 Å². The fraction of sp³-hybridized carbons (Fsp3) is 0.522. The Balaban J connectivity index is 1.57. The Labute approximate surface area is 189 Å². The maximum absolute atomic E-state index is 12.7. The molecule has 0 spiro atoms. The molecule has 1 aliphatic heterocycles. The minimum absolute atomic E-state index is 0.0760. The highest BCUT2D eigenvalue weighted by atomic mass is 35.5. The zero-order chi connectivity index (χ0) is 22.4. The number of benzene rings is 1. The molecule has 7 nitrogen and oxygen atoms in total. The number of nitrogens with zero attached hydrogens (tertiary/aromatic N) is 4. The molecule has 1 saturated heterocycles. The van der Waals surface area contributed by atoms with Gasteiger partial charge >= 0.3 is 0 Å². The third-order valence-corrected chi connectivity index (χ3v) is 5.40. The first-order valence-electron chi connectivity index (χ1n) is 10.8. The van der Waals surface area contributed by atoms with E-state index in [4.69, 9.17) is 21.0 Å². The van der Waals surface area contributed by atoms with Crippen molar-refractivity contribution in [2.45, 2.75) is 46.1 Å². The predicted octanol–water partition coefficient (Wildman–Crippen LogP) is 3.48. The number of amides is 1. The van der Waals surface area contributed by atoms with Crippen LogP contribution in [0.2, 0.25) is 5.02 Å². The van der Waals surface area contributed by atoms with Gasteiger partial charge in [-0.25, -0.2) is 9.98 Å². The lowest BCUT2D eigenvalue weighted by molar-refractivity contribution is -0.131. The average Bonchev–Trinajstić information content (AvgIpc) is 3.21. The number of aromatic nitrogens is 1. The molecular formula is C23H32ClN5O2. The zero-order valence-electron chi connectivity index (χ0n) is 18.8. The van der Waals surface area contributed by atoms with Gasteiger partial charge in [-0.3, -0.25) is 4.79 Å². The highest BCUT2D eigenvalue weighted by Gasteiger charge is 2.23. The molecule has 31 heavy (non-hydrogen) atoms. The molecule has 168 valence electrons. The molecule has 1 aromatic heterocycles. The smallest absolute Gasteiger partial charge is 0.227 e. The maximum Gasteiger partial charge on any atom is 0.227 e. The number of piperazine rings is 1. The van der Waals surface area contributed by atoms with Crippen molar-refractivity contribution in [1.82, 2.24) is 20.1 Å². The summed E-state index contributed by atoms with van der Waals surface area (Å²) in [6.07, 6.45) is 2.15. The van der Waals surface area contributed by atoms with Crippen molar-refractivity contribution in [1.29, 1.82) is 0 Å². The van der Waals surface area contributed by atoms with Crippen LogP contribution in [0.5, 0.6) is 0 Å². The summed E-state index contributed by atoms with van der Waals surface area (Å²) in [5.74, 6) is 2.41. The second-order valence-electron chi connectivity index (χ2n) is 8.71. The summed E-state index contributed by atoms with van der Waals surface area (Å²) in [6.45, 7) is 12.3. The third kappa shape index (κ3) is 6.47. The van der Waals surface area contributed by atoms with Gasteiger partial charge in [0.05, 0.1) is 12.6 Å². The summed E-state index contributed by atoms with van der Waals surface area (Å²) in [5.41, 5.74) is 0.864. The van der Waals surface area contributed by atoms with Gasteiger partial charge in [0, 0.05) is 43.2 Å². The van der Waals surface area contributed by atoms with Gasteiger partial charge in [-0.15, -0.1) is 0 Å². The fourth-order valence-electron chi connectivity index (χ4n) is 3.40. The van der Waals surface area contributed by atoms with Gasteiger partial charge < -0.3 is 19.5 Å². The molecule has 1 N–H and O–H groups in total. The Bertz CT molecular complexity index is 911. The largest absolute Gasteiger partial charge is 0.443 e. The summed E-state index contributed by atoms with van der Waals surface area (Å²) >= 11 is 6.03. The quantitative estimate of drug-likeness (QED) is 0.563. The van der Waals surface area contributed by atoms with Gasteiger partial charge in [-0.2, -0.15) is 0 Å². The van der Waals surface area contributed by atoms with Crippen LogP contribution in [0.4, 0.5) is 0 Å². The van der Waals surface area contributed by atoms with Crippen molar-refractivity contribution in [2.75, 3.05) is 32.7 Å². The molecule has 1 fully saturated rings. The lowest BCUT2D eigenvalue weighted by Crippen LogP contribution is -2.54. The number of hydrogen-bond donors (Lipinski definition) is 1. The second kappa shape index (κ2) is 10.2. The van der Waals surface area contributed by atoms with Crippen molar-refractivity contribution in [3.05, 3.63) is 52.7 Å². The maximum atomic E-state index is 12.7. The van der Waals surface area contributed by atoms with E-state index >= 15 is 0 Å². The van der Waals surface area contributed by atoms with Crippen LogP contribution in [-0.2, 0) is 23.2 Å². The number of carbonyl (C=O) groups is 1. The first-order valence-corrected chi connectivity index (χ1v) is 11.1. The Morgan fingerprint density at radius 2 is 1.94 bits per heavy atom. The number of oxazole rings is 1. The molecule has 0 atom stereocenters. The van der Waals surface area contributed by atoms with Gasteiger partial charge in [0.15, 0.2) is 5.96 Å². The summed E-state index contributed by atoms with van der Waals surface area (Å²) in [7, 11) is 0. The Morgan fingerprint density at radius 3 is 2.55 bits per heavy atom. The molecule has 1 amide bonds. The molecule has 0 bridgehead atoms. The van der Waals surface area contributed by atoms with Crippen molar-refractivity contribution >= 4 is 23.5 Å². The molecule has 1 aromatic carbocycles. The van der Waals surface area contributed by atoms with E-state index in [1.165, 1.54) is 0 Å². The molecular weight excluding hydrogens is 414 g/mol. The third-order valence-electron chi connectivity index (χ3n) is 5.17. The summed E-state index contributed by atoms with van der Waals surface area (Å²) in [4.78, 5) is 25.8. The van der Waals surface area contributed by atoms with Crippen LogP contribution < -0.4 is 5.32 Å². The first-order chi connectivity index (χ1) is 14.8. The molecule has 0 unspecified atom stereocenters. The molecule has 3 rings (SSSR count). The van der Waals surface area contributed by atoms with Gasteiger partial charge in [0.1, 0.15) is 12.3 Å². The molecule has 2 heterocycles. The first kappa shape index (κ1) is 23.1. The number of rotatable bonds is 5. The lowest BCUT2D eigenvalue weighted by Gasteiger charge is -2.36. The Morgan fingerprint density at radius 1 is 1.23 bits per heavy atom. The van der Waals surface area contributed by atoms with Crippen LogP contribution in [0.25, 0.3) is 0 Å². The molecule has 1 aliphatic rings. The van der Waals surface area contributed by atoms with Gasteiger partial charge in [0.2, 0.25) is 11.8 Å². The minimum atomic E-state index is -0.0760. The van der Waals surface area contributed by atoms with Gasteiger partial charge in [-0.05, 0) is 24.6 Å². The number of guanidine groups is 1. The monoisotopic (exact) mass is 445 g/mol. The summed E-state index contributed by atoms with van der Waals surface area (Å²) in [5, 5.41) is 3.99. The van der Waals surface area contributed by atoms with Gasteiger partial charge in [-0.1, -0.05) is 44.5 Å². The molecule has 0 saturated carbocycles. The van der Waals surface area contributed by atoms with Crippen LogP contribution >= 0.6 is 11.6 Å². The highest BCUT2D eigenvalue weighted by molar-refractivity contribution is 6.30. The number of nitrogens with one attached hydrogen (secondary N) is 1. The van der Waals surface area contributed by atoms with E-state index in [2.05, 4.69) is 36.0 Å². The van der Waals surface area contributed by atoms with E-state index in [-0.39, 0.29) is 11.3 Å². The fourth-order valence-corrected chi connectivity index (χ4v) is 3.61. The minimum Gasteiger partial charge on any atom is -0.443 e. The molecule has 8 heteroatoms. The predicted molar refractivity (Wildman–Crippen MR) is 123 cm³/mol. The van der Waals surface area contributed by atoms with Crippen LogP contribution in [0.15, 0.2) is 39.9 Å². The van der Waals surface area contributed by atoms with E-state index in [0.717, 1.165) is 36.9 Å². The van der Waals surface area contributed by atoms with Gasteiger partial charge in [0.25, 0.3) is 0 Å². The number of hydrogen-bond acceptors (Lipinski definition) is 4. The van der Waals surface area contributed by atoms with Crippen LogP contribution in [0.3, 0.4) is 0 Å². The summed E-state index contributed by atoms with van der Waals surface area (Å²) < 4.78 is 5.85. The Kier molecular flexibility index (Phi) is 7.59. The van der Waals surface area contributed by atoms with E-state index in [1.807, 2.05) is 36.1 Å². The van der Waals surface area contributed by atoms with Crippen molar-refractivity contribution in [2.24, 2.45) is 4.99 Å². The second-order valence-corrected chi connectivity index (χ2v) is 9.15. The van der Waals surface area contributed by atoms with E-state index < -0.39 is 0 Å². The van der Waals surface area contributed by atoms with Crippen LogP contribution in [0.1, 0.15) is 44.9 Å². The number of carbonyl (C=O) groups excluding carboxylic acids is 1. The zero-order valence-corrected chi connectivity index (χ0v) is 19.6. The SMILES string of the molecule is CCNC(=NCc1ncc(C(C)(C)C)o1)N1CCN(C(=O)Cc2cccc(Cl)c2)CC1. The Hall–Kier alpha value is -2.54. The molecule has 0 aliphatic carbocycles. The number of aliphatic imine (C=N–C) groups is 1. The van der Waals surface area contributed by atoms with E-state index in [9.17, 15) is 4.79 Å². The van der Waals surface area contributed by atoms with E-state index in [1.54, 1.807) is 6.20 Å². The standard InChI is InChI=1S/C23H32ClN5O2/c1-5-25-22(27-16-20-26-15-19(31-20)23(2,3)4)29-11-9-28(10-12-29)21(30)14-17-7-6-8-18(24)13-17/h6-8,13,15H,5,9-12,14,16H2,1-4H3,(H,25,27). The van der Waals surface area contributed by atoms with Crippen molar-refractivity contribution < 1.29 is 9.21 Å². The van der Waals surface area contributed by atoms with Crippen molar-refractivity contribution in [3.8, 4) is 0 Å². The lowest BCUT2D eigenvalue weighted by atomic mass is 9.94.